The van der Waals surface area contributed by atoms with E-state index in [0.29, 0.717) is 25.9 Å². The fraction of sp³-hybridized carbons (Fsp3) is 0.636. The van der Waals surface area contributed by atoms with Crippen LogP contribution in [0, 0.1) is 11.3 Å². The monoisotopic (exact) mass is 252 g/mol. The summed E-state index contributed by atoms with van der Waals surface area (Å²) in [6.45, 7) is 2.15. The Bertz CT molecular complexity index is 380. The van der Waals surface area contributed by atoms with E-state index >= 15 is 0 Å². The van der Waals surface area contributed by atoms with Crippen molar-refractivity contribution >= 4 is 17.7 Å². The zero-order chi connectivity index (χ0) is 13.5. The Hall–Kier alpha value is -2.10. The fourth-order valence-electron chi connectivity index (χ4n) is 1.85. The van der Waals surface area contributed by atoms with Gasteiger partial charge in [-0.1, -0.05) is 0 Å². The van der Waals surface area contributed by atoms with Gasteiger partial charge in [0.1, 0.15) is 6.54 Å². The number of nitrogens with one attached hydrogen (secondary N) is 2. The van der Waals surface area contributed by atoms with Gasteiger partial charge in [0.2, 0.25) is 5.91 Å². The number of carbonyl (C=O) groups is 3. The minimum Gasteiger partial charge on any atom is -0.353 e. The second-order valence-electron chi connectivity index (χ2n) is 4.11. The van der Waals surface area contributed by atoms with Crippen molar-refractivity contribution in [2.24, 2.45) is 0 Å². The van der Waals surface area contributed by atoms with Crippen LogP contribution in [0.4, 0.5) is 0 Å². The molecule has 0 bridgehead atoms. The van der Waals surface area contributed by atoms with Crippen molar-refractivity contribution in [2.45, 2.75) is 25.8 Å². The maximum absolute atomic E-state index is 11.6. The Balaban J connectivity index is 2.38. The minimum atomic E-state index is -0.755. The zero-order valence-corrected chi connectivity index (χ0v) is 10.2. The van der Waals surface area contributed by atoms with Gasteiger partial charge in [-0.3, -0.25) is 14.4 Å². The lowest BCUT2D eigenvalue weighted by Gasteiger charge is -2.31. The van der Waals surface area contributed by atoms with Gasteiger partial charge in [-0.15, -0.1) is 0 Å². The number of rotatable bonds is 2. The molecule has 0 aromatic carbocycles. The van der Waals surface area contributed by atoms with Crippen molar-refractivity contribution in [1.29, 1.82) is 5.26 Å². The van der Waals surface area contributed by atoms with Crippen LogP contribution in [0.5, 0.6) is 0 Å². The van der Waals surface area contributed by atoms with Gasteiger partial charge in [0.05, 0.1) is 6.07 Å². The highest BCUT2D eigenvalue weighted by atomic mass is 16.2. The number of carbonyl (C=O) groups excluding carboxylic acids is 3. The van der Waals surface area contributed by atoms with E-state index in [9.17, 15) is 14.4 Å². The molecule has 1 aliphatic rings. The number of hydrogen-bond acceptors (Lipinski definition) is 4. The Morgan fingerprint density at radius 3 is 2.44 bits per heavy atom. The van der Waals surface area contributed by atoms with Crippen LogP contribution in [0.3, 0.4) is 0 Å². The van der Waals surface area contributed by atoms with E-state index in [1.54, 1.807) is 6.07 Å². The van der Waals surface area contributed by atoms with E-state index < -0.39 is 11.8 Å². The molecule has 0 atom stereocenters. The number of piperidine rings is 1. The molecule has 0 radical (unpaired) electrons. The molecule has 0 aromatic heterocycles. The lowest BCUT2D eigenvalue weighted by Crippen LogP contribution is -2.50. The highest BCUT2D eigenvalue weighted by molar-refractivity contribution is 6.35. The highest BCUT2D eigenvalue weighted by Crippen LogP contribution is 2.10. The van der Waals surface area contributed by atoms with Gasteiger partial charge in [0, 0.05) is 26.1 Å². The molecule has 2 N–H and O–H groups in total. The van der Waals surface area contributed by atoms with Crippen LogP contribution >= 0.6 is 0 Å². The van der Waals surface area contributed by atoms with Crippen LogP contribution < -0.4 is 10.6 Å². The molecule has 7 nitrogen and oxygen atoms in total. The van der Waals surface area contributed by atoms with Crippen LogP contribution in [0.2, 0.25) is 0 Å². The number of amides is 3. The topological polar surface area (TPSA) is 102 Å². The number of hydrogen-bond donors (Lipinski definition) is 2. The molecule has 1 heterocycles. The quantitative estimate of drug-likeness (QED) is 0.473. The third-order valence-electron chi connectivity index (χ3n) is 2.71. The van der Waals surface area contributed by atoms with Crippen molar-refractivity contribution in [1.82, 2.24) is 15.5 Å². The first kappa shape index (κ1) is 14.0. The van der Waals surface area contributed by atoms with Gasteiger partial charge in [-0.05, 0) is 12.8 Å². The molecule has 18 heavy (non-hydrogen) atoms. The first-order chi connectivity index (χ1) is 8.54. The lowest BCUT2D eigenvalue weighted by atomic mass is 10.0. The molecule has 1 fully saturated rings. The Morgan fingerprint density at radius 2 is 1.94 bits per heavy atom. The third-order valence-corrected chi connectivity index (χ3v) is 2.71. The summed E-state index contributed by atoms with van der Waals surface area (Å²) in [7, 11) is 0. The predicted octanol–water partition coefficient (Wildman–Crippen LogP) is -1.25. The van der Waals surface area contributed by atoms with E-state index in [4.69, 9.17) is 5.26 Å². The van der Waals surface area contributed by atoms with Crippen molar-refractivity contribution < 1.29 is 14.4 Å². The SMILES string of the molecule is CC(=O)NC1CCN(C(=O)C(=O)NCC#N)CC1. The molecule has 1 aliphatic heterocycles. The van der Waals surface area contributed by atoms with E-state index in [1.165, 1.54) is 11.8 Å². The summed E-state index contributed by atoms with van der Waals surface area (Å²) in [5, 5.41) is 13.3. The van der Waals surface area contributed by atoms with Gasteiger partial charge >= 0.3 is 11.8 Å². The van der Waals surface area contributed by atoms with Crippen molar-refractivity contribution in [3.8, 4) is 6.07 Å². The van der Waals surface area contributed by atoms with Crippen LogP contribution in [0.15, 0.2) is 0 Å². The fourth-order valence-corrected chi connectivity index (χ4v) is 1.85. The highest BCUT2D eigenvalue weighted by Gasteiger charge is 2.26. The van der Waals surface area contributed by atoms with Gasteiger partial charge in [-0.25, -0.2) is 0 Å². The predicted molar refractivity (Wildman–Crippen MR) is 62.0 cm³/mol. The zero-order valence-electron chi connectivity index (χ0n) is 10.2. The number of nitriles is 1. The normalized spacial score (nSPS) is 15.7. The smallest absolute Gasteiger partial charge is 0.311 e. The molecule has 7 heteroatoms. The van der Waals surface area contributed by atoms with E-state index in [1.807, 2.05) is 0 Å². The summed E-state index contributed by atoms with van der Waals surface area (Å²) in [5.74, 6) is -1.47. The van der Waals surface area contributed by atoms with Crippen molar-refractivity contribution in [3.05, 3.63) is 0 Å². The molecule has 3 amide bonds. The number of nitrogens with zero attached hydrogens (tertiary/aromatic N) is 2. The Kier molecular flexibility index (Phi) is 5.11. The summed E-state index contributed by atoms with van der Waals surface area (Å²) >= 11 is 0. The van der Waals surface area contributed by atoms with Crippen LogP contribution in [-0.4, -0.2) is 48.3 Å². The van der Waals surface area contributed by atoms with E-state index in [0.717, 1.165) is 0 Å². The Morgan fingerprint density at radius 1 is 1.33 bits per heavy atom. The second-order valence-corrected chi connectivity index (χ2v) is 4.11. The maximum Gasteiger partial charge on any atom is 0.311 e. The molecule has 0 unspecified atom stereocenters. The number of likely N-dealkylation sites (tertiary alicyclic amines) is 1. The van der Waals surface area contributed by atoms with Gasteiger partial charge in [0.25, 0.3) is 0 Å². The molecule has 0 spiro atoms. The standard InChI is InChI=1S/C11H16N4O3/c1-8(16)14-9-2-6-15(7-3-9)11(18)10(17)13-5-4-12/h9H,2-3,5-7H2,1H3,(H,13,17)(H,14,16). The van der Waals surface area contributed by atoms with Gasteiger partial charge in [0.15, 0.2) is 0 Å². The minimum absolute atomic E-state index is 0.0636. The summed E-state index contributed by atoms with van der Waals surface area (Å²) in [4.78, 5) is 35.3. The van der Waals surface area contributed by atoms with E-state index in [2.05, 4.69) is 10.6 Å². The van der Waals surface area contributed by atoms with E-state index in [-0.39, 0.29) is 18.5 Å². The maximum atomic E-state index is 11.6. The molecule has 0 aromatic rings. The summed E-state index contributed by atoms with van der Waals surface area (Å²) in [6, 6.07) is 1.80. The Labute approximate surface area is 105 Å². The molecule has 1 rings (SSSR count). The molecule has 98 valence electrons. The molecule has 0 saturated carbocycles. The lowest BCUT2D eigenvalue weighted by molar-refractivity contribution is -0.146. The van der Waals surface area contributed by atoms with Crippen LogP contribution in [-0.2, 0) is 14.4 Å². The summed E-state index contributed by atoms with van der Waals surface area (Å²) < 4.78 is 0. The molecular weight excluding hydrogens is 236 g/mol. The van der Waals surface area contributed by atoms with Crippen LogP contribution in [0.1, 0.15) is 19.8 Å². The summed E-state index contributed by atoms with van der Waals surface area (Å²) in [6.07, 6.45) is 1.27. The third kappa shape index (κ3) is 4.05. The van der Waals surface area contributed by atoms with Crippen molar-refractivity contribution in [3.63, 3.8) is 0 Å². The summed E-state index contributed by atoms with van der Waals surface area (Å²) in [5.41, 5.74) is 0. The average Bonchev–Trinajstić information content (AvgIpc) is 2.35. The molecule has 1 saturated heterocycles. The largest absolute Gasteiger partial charge is 0.353 e. The molecular formula is C11H16N4O3. The average molecular weight is 252 g/mol. The first-order valence-corrected chi connectivity index (χ1v) is 5.75. The van der Waals surface area contributed by atoms with Gasteiger partial charge < -0.3 is 15.5 Å². The second kappa shape index (κ2) is 6.59. The molecule has 0 aliphatic carbocycles. The van der Waals surface area contributed by atoms with Gasteiger partial charge in [-0.2, -0.15) is 5.26 Å². The first-order valence-electron chi connectivity index (χ1n) is 5.75. The van der Waals surface area contributed by atoms with Crippen molar-refractivity contribution in [2.75, 3.05) is 19.6 Å². The van der Waals surface area contributed by atoms with Crippen LogP contribution in [0.25, 0.3) is 0 Å².